The van der Waals surface area contributed by atoms with Crippen molar-refractivity contribution in [1.29, 1.82) is 0 Å². The van der Waals surface area contributed by atoms with Crippen molar-refractivity contribution in [2.45, 2.75) is 51.6 Å². The van der Waals surface area contributed by atoms with E-state index in [0.29, 0.717) is 53.0 Å². The predicted molar refractivity (Wildman–Crippen MR) is 264 cm³/mol. The Bertz CT molecular complexity index is 3680. The van der Waals surface area contributed by atoms with E-state index >= 15 is 0 Å². The van der Waals surface area contributed by atoms with Crippen LogP contribution in [0.1, 0.15) is 48.9 Å². The minimum absolute atomic E-state index is 0.153. The van der Waals surface area contributed by atoms with Gasteiger partial charge < -0.3 is 46.1 Å². The first-order valence-electron chi connectivity index (χ1n) is 23.1. The number of nitrogens with two attached hydrogens (primary N) is 2. The van der Waals surface area contributed by atoms with E-state index in [1.165, 1.54) is 24.3 Å². The summed E-state index contributed by atoms with van der Waals surface area (Å²) in [7, 11) is 0. The molecule has 10 aromatic rings. The molecule has 2 aliphatic heterocycles. The molecule has 8 N–H and O–H groups in total. The number of benzene rings is 2. The van der Waals surface area contributed by atoms with Crippen LogP contribution in [-0.4, -0.2) is 120 Å². The Kier molecular flexibility index (Phi) is 12.5. The lowest BCUT2D eigenvalue weighted by Gasteiger charge is -2.32. The fraction of sp³-hybridized carbons (Fsp3) is 0.280. The molecule has 2 fully saturated rings. The first-order chi connectivity index (χ1) is 34.3. The topological polar surface area (TPSA) is 258 Å². The number of fused-ring (bicyclic) bond motifs is 6. The number of hydrogen-bond donors (Lipinski definition) is 6. The van der Waals surface area contributed by atoms with Crippen molar-refractivity contribution in [2.24, 2.45) is 0 Å². The quantitative estimate of drug-likeness (QED) is 0.112. The second-order valence-electron chi connectivity index (χ2n) is 17.8. The molecule has 0 radical (unpaired) electrons. The number of piperidine rings is 2. The van der Waals surface area contributed by atoms with Crippen LogP contribution in [-0.2, 0) is 9.59 Å². The number of anilines is 2. The molecule has 21 heteroatoms. The highest BCUT2D eigenvalue weighted by molar-refractivity contribution is 5.96. The number of aryl methyl sites for hydroxylation is 2. The van der Waals surface area contributed by atoms with Crippen LogP contribution >= 0.6 is 0 Å². The molecule has 1 amide bonds. The summed E-state index contributed by atoms with van der Waals surface area (Å²) in [6.07, 6.45) is 14.8. The molecule has 2 aliphatic rings. The number of aliphatic hydroxyl groups is 2. The summed E-state index contributed by atoms with van der Waals surface area (Å²) in [4.78, 5) is 41.7. The van der Waals surface area contributed by atoms with Crippen LogP contribution in [0.3, 0.4) is 0 Å². The molecule has 0 aliphatic carbocycles. The number of nitrogens with one attached hydrogen (secondary N) is 1. The highest BCUT2D eigenvalue weighted by atomic mass is 19.1. The van der Waals surface area contributed by atoms with Gasteiger partial charge in [0.1, 0.15) is 47.8 Å². The molecule has 0 saturated carbocycles. The van der Waals surface area contributed by atoms with Crippen LogP contribution in [0.15, 0.2) is 85.7 Å². The minimum Gasteiger partial charge on any atom is -0.480 e. The summed E-state index contributed by atoms with van der Waals surface area (Å²) < 4.78 is 35.3. The lowest BCUT2D eigenvalue weighted by atomic mass is 10.0. The molecule has 8 aromatic heterocycles. The van der Waals surface area contributed by atoms with Gasteiger partial charge in [-0.05, 0) is 112 Å². The van der Waals surface area contributed by atoms with Crippen LogP contribution in [0, 0.1) is 25.5 Å². The maximum absolute atomic E-state index is 13.8. The number of nitrogens with zero attached hydrogens (tertiary/aromatic N) is 11. The number of aliphatic carboxylic acids is 1. The molecule has 19 nitrogen and oxygen atoms in total. The van der Waals surface area contributed by atoms with E-state index < -0.39 is 19.2 Å². The van der Waals surface area contributed by atoms with E-state index in [1.807, 2.05) is 19.1 Å². The summed E-state index contributed by atoms with van der Waals surface area (Å²) in [6.45, 7) is 5.98. The molecule has 71 heavy (non-hydrogen) atoms. The summed E-state index contributed by atoms with van der Waals surface area (Å²) in [6, 6.07) is 13.4. The molecule has 0 bridgehead atoms. The second-order valence-corrected chi connectivity index (χ2v) is 17.8. The van der Waals surface area contributed by atoms with Crippen molar-refractivity contribution in [3.05, 3.63) is 108 Å². The van der Waals surface area contributed by atoms with Crippen molar-refractivity contribution in [1.82, 2.24) is 58.5 Å². The zero-order valence-electron chi connectivity index (χ0n) is 38.8. The summed E-state index contributed by atoms with van der Waals surface area (Å²) in [5.41, 5.74) is 22.8. The molecule has 0 spiro atoms. The number of hydrogen-bond acceptors (Lipinski definition) is 13. The number of nitrogen functional groups attached to an aromatic ring is 2. The fourth-order valence-corrected chi connectivity index (χ4v) is 9.85. The van der Waals surface area contributed by atoms with Crippen molar-refractivity contribution in [3.63, 3.8) is 0 Å². The van der Waals surface area contributed by atoms with Crippen molar-refractivity contribution in [2.75, 3.05) is 50.9 Å². The Balaban J connectivity index is 0.000000151. The minimum atomic E-state index is -1.19. The predicted octanol–water partition coefficient (Wildman–Crippen LogP) is 6.00. The smallest absolute Gasteiger partial charge is 0.329 e. The van der Waals surface area contributed by atoms with E-state index in [-0.39, 0.29) is 23.6 Å². The number of carboxylic acid groups (broad SMARTS) is 1. The van der Waals surface area contributed by atoms with Gasteiger partial charge in [-0.3, -0.25) is 14.8 Å². The van der Waals surface area contributed by atoms with E-state index in [0.717, 1.165) is 105 Å². The van der Waals surface area contributed by atoms with Gasteiger partial charge in [0.15, 0.2) is 11.3 Å². The number of rotatable bonds is 6. The Hall–Kier alpha value is -8.14. The number of aliphatic hydroxyl groups excluding tert-OH is 2. The number of carbonyl (C=O) groups is 2. The number of aromatic nitrogens is 10. The Morgan fingerprint density at radius 1 is 0.662 bits per heavy atom. The third-order valence-electron chi connectivity index (χ3n) is 13.4. The van der Waals surface area contributed by atoms with Gasteiger partial charge >= 0.3 is 5.97 Å². The lowest BCUT2D eigenvalue weighted by Crippen LogP contribution is -2.40. The van der Waals surface area contributed by atoms with Gasteiger partial charge in [0.2, 0.25) is 5.91 Å². The number of carboxylic acids is 1. The molecule has 2 saturated heterocycles. The van der Waals surface area contributed by atoms with Gasteiger partial charge in [-0.25, -0.2) is 23.5 Å². The summed E-state index contributed by atoms with van der Waals surface area (Å²) in [5.74, 6) is -0.957. The molecule has 364 valence electrons. The fourth-order valence-electron chi connectivity index (χ4n) is 9.85. The third-order valence-corrected chi connectivity index (χ3v) is 13.4. The van der Waals surface area contributed by atoms with E-state index in [1.54, 1.807) is 50.9 Å². The molecular weight excluding hydrogens is 915 g/mol. The highest BCUT2D eigenvalue weighted by Crippen LogP contribution is 2.37. The first kappa shape index (κ1) is 46.6. The Labute approximate surface area is 403 Å². The van der Waals surface area contributed by atoms with Crippen LogP contribution in [0.25, 0.3) is 77.4 Å². The van der Waals surface area contributed by atoms with Gasteiger partial charge in [0.25, 0.3) is 0 Å². The van der Waals surface area contributed by atoms with Crippen molar-refractivity contribution < 1.29 is 33.7 Å². The SMILES string of the molecule is Cc1cn(C2CCN(C(=O)CO)CC2)c2nc3c(-c4cnc5ccc(F)cc5c4)cnn3c(N)c12.Cc1cn(C2CCNCC2)c2nc3c(-c4cnc5ccc(F)cc5c4)cnn3c(N)c12.O=C(O)CO. The van der Waals surface area contributed by atoms with Gasteiger partial charge in [-0.15, -0.1) is 0 Å². The second kappa shape index (κ2) is 19.0. The normalized spacial score (nSPS) is 14.6. The van der Waals surface area contributed by atoms with Crippen LogP contribution in [0.5, 0.6) is 0 Å². The standard InChI is InChI=1S/C25H24FN7O2.C23H22FN7.C2H4O3/c1-14-12-32(18-4-6-31(7-5-18)21(35)13-34)25-22(14)23(27)33-24(30-25)19(11-29-33)16-8-15-9-17(26)2-3-20(15)28-10-16;1-13-12-30(17-4-6-26-7-5-17)23-20(13)21(25)31-22(29-23)18(11-28-31)15-8-14-9-16(24)2-3-19(14)27-10-15;3-1-2(4)5/h2-3,8-12,18,34H,4-7,13,27H2,1H3;2-3,8-12,17,26H,4-7,25H2,1H3;3H,1H2,(H,4,5). The van der Waals surface area contributed by atoms with Gasteiger partial charge in [-0.1, -0.05) is 0 Å². The zero-order chi connectivity index (χ0) is 49.7. The van der Waals surface area contributed by atoms with Crippen LogP contribution < -0.4 is 16.8 Å². The Morgan fingerprint density at radius 3 is 1.55 bits per heavy atom. The monoisotopic (exact) mass is 964 g/mol. The largest absolute Gasteiger partial charge is 0.480 e. The number of pyridine rings is 2. The third kappa shape index (κ3) is 8.67. The van der Waals surface area contributed by atoms with E-state index in [9.17, 15) is 13.6 Å². The summed E-state index contributed by atoms with van der Waals surface area (Å²) >= 11 is 0. The first-order valence-corrected chi connectivity index (χ1v) is 23.1. The number of carbonyl (C=O) groups excluding carboxylic acids is 1. The zero-order valence-corrected chi connectivity index (χ0v) is 38.8. The maximum atomic E-state index is 13.8. The number of likely N-dealkylation sites (tertiary alicyclic amines) is 1. The van der Waals surface area contributed by atoms with Gasteiger partial charge in [0.05, 0.1) is 34.2 Å². The molecule has 10 heterocycles. The van der Waals surface area contributed by atoms with Gasteiger partial charge in [0, 0.05) is 83.0 Å². The molecular formula is C50H50F2N14O5. The average Bonchev–Trinajstić information content (AvgIpc) is 4.18. The molecule has 0 unspecified atom stereocenters. The van der Waals surface area contributed by atoms with E-state index in [2.05, 4.69) is 53.9 Å². The van der Waals surface area contributed by atoms with Crippen molar-refractivity contribution in [3.8, 4) is 22.3 Å². The van der Waals surface area contributed by atoms with Crippen molar-refractivity contribution >= 4 is 78.7 Å². The molecule has 0 atom stereocenters. The summed E-state index contributed by atoms with van der Waals surface area (Å²) in [5, 5.41) is 39.8. The maximum Gasteiger partial charge on any atom is 0.329 e. The number of halogens is 2. The van der Waals surface area contributed by atoms with Crippen LogP contribution in [0.4, 0.5) is 20.4 Å². The van der Waals surface area contributed by atoms with Crippen LogP contribution in [0.2, 0.25) is 0 Å². The average molecular weight is 965 g/mol. The highest BCUT2D eigenvalue weighted by Gasteiger charge is 2.27. The molecule has 12 rings (SSSR count). The molecule has 2 aromatic carbocycles. The van der Waals surface area contributed by atoms with Gasteiger partial charge in [-0.2, -0.15) is 19.2 Å². The Morgan fingerprint density at radius 2 is 1.11 bits per heavy atom. The lowest BCUT2D eigenvalue weighted by molar-refractivity contribution is -0.140. The number of amides is 1. The van der Waals surface area contributed by atoms with E-state index in [4.69, 9.17) is 41.5 Å².